The molecule has 0 radical (unpaired) electrons. The van der Waals surface area contributed by atoms with Crippen molar-refractivity contribution in [2.24, 2.45) is 17.3 Å². The monoisotopic (exact) mass is 339 g/mol. The van der Waals surface area contributed by atoms with Gasteiger partial charge in [-0.25, -0.2) is 4.98 Å². The number of hydrogen-bond donors (Lipinski definition) is 0. The van der Waals surface area contributed by atoms with Gasteiger partial charge in [0, 0.05) is 23.2 Å². The smallest absolute Gasteiger partial charge is 0.309 e. The molecule has 0 spiro atoms. The highest BCUT2D eigenvalue weighted by atomic mass is 16.5. The highest BCUT2D eigenvalue weighted by Gasteiger charge is 2.49. The van der Waals surface area contributed by atoms with Crippen molar-refractivity contribution >= 4 is 22.7 Å². The molecule has 130 valence electrons. The second-order valence-electron chi connectivity index (χ2n) is 7.30. The predicted octanol–water partition coefficient (Wildman–Crippen LogP) is 2.55. The van der Waals surface area contributed by atoms with Crippen molar-refractivity contribution in [2.75, 3.05) is 7.11 Å². The minimum atomic E-state index is -0.253. The van der Waals surface area contributed by atoms with Crippen molar-refractivity contribution in [1.29, 1.82) is 0 Å². The summed E-state index contributed by atoms with van der Waals surface area (Å²) in [6.45, 7) is 3.95. The van der Waals surface area contributed by atoms with E-state index in [0.717, 1.165) is 25.0 Å². The standard InChI is InChI=1S/C19H21N3O3/c1-11-21-17(23)13-5-4-8-20-16(13)22(11)15-10-19(2)7-6-12(15)9-14(19)18(24)25-3/h4-5,8,10,12,14H,6-7,9H2,1-3H3/t12-,14+,19+/m1/s1. The van der Waals surface area contributed by atoms with Crippen molar-refractivity contribution in [1.82, 2.24) is 14.5 Å². The van der Waals surface area contributed by atoms with E-state index in [1.165, 1.54) is 7.11 Å². The Balaban J connectivity index is 1.93. The van der Waals surface area contributed by atoms with E-state index in [0.29, 0.717) is 16.9 Å². The van der Waals surface area contributed by atoms with Crippen molar-refractivity contribution < 1.29 is 9.53 Å². The van der Waals surface area contributed by atoms with Gasteiger partial charge in [0.1, 0.15) is 5.82 Å². The summed E-state index contributed by atoms with van der Waals surface area (Å²) in [5.74, 6) is 0.611. The molecule has 0 aromatic carbocycles. The molecule has 6 heteroatoms. The molecule has 0 N–H and O–H groups in total. The molecule has 0 saturated heterocycles. The number of carbonyl (C=O) groups is 1. The molecule has 2 heterocycles. The maximum atomic E-state index is 12.2. The molecule has 0 amide bonds. The van der Waals surface area contributed by atoms with Crippen LogP contribution >= 0.6 is 0 Å². The van der Waals surface area contributed by atoms with Gasteiger partial charge in [0.25, 0.3) is 5.56 Å². The summed E-state index contributed by atoms with van der Waals surface area (Å²) in [5.41, 5.74) is 1.24. The molecule has 2 aromatic heterocycles. The third-order valence-electron chi connectivity index (χ3n) is 5.80. The minimum Gasteiger partial charge on any atom is -0.469 e. The molecule has 0 aliphatic heterocycles. The highest BCUT2D eigenvalue weighted by Crippen LogP contribution is 2.54. The first-order valence-electron chi connectivity index (χ1n) is 8.60. The summed E-state index contributed by atoms with van der Waals surface area (Å²) in [4.78, 5) is 33.0. The van der Waals surface area contributed by atoms with E-state index in [1.807, 2.05) is 11.5 Å². The van der Waals surface area contributed by atoms with Gasteiger partial charge >= 0.3 is 5.97 Å². The van der Waals surface area contributed by atoms with Gasteiger partial charge in [-0.05, 0) is 38.3 Å². The minimum absolute atomic E-state index is 0.119. The number of ether oxygens (including phenoxy) is 1. The molecule has 25 heavy (non-hydrogen) atoms. The third-order valence-corrected chi connectivity index (χ3v) is 5.80. The number of nitrogens with zero attached hydrogens (tertiary/aromatic N) is 3. The molecule has 2 aromatic rings. The summed E-state index contributed by atoms with van der Waals surface area (Å²) in [7, 11) is 1.45. The molecule has 1 saturated carbocycles. The molecule has 3 atom stereocenters. The molecule has 3 aliphatic carbocycles. The molecule has 6 nitrogen and oxygen atoms in total. The van der Waals surface area contributed by atoms with Gasteiger partial charge in [0.15, 0.2) is 5.65 Å². The van der Waals surface area contributed by atoms with Gasteiger partial charge in [-0.2, -0.15) is 4.98 Å². The Morgan fingerprint density at radius 1 is 1.44 bits per heavy atom. The molecule has 1 fully saturated rings. The van der Waals surface area contributed by atoms with E-state index >= 15 is 0 Å². The topological polar surface area (TPSA) is 74.1 Å². The fourth-order valence-corrected chi connectivity index (χ4v) is 4.44. The molecular formula is C19H21N3O3. The summed E-state index contributed by atoms with van der Waals surface area (Å²) in [6, 6.07) is 3.51. The summed E-state index contributed by atoms with van der Waals surface area (Å²) < 4.78 is 7.01. The lowest BCUT2D eigenvalue weighted by Gasteiger charge is -2.47. The predicted molar refractivity (Wildman–Crippen MR) is 93.8 cm³/mol. The SMILES string of the molecule is COC(=O)[C@@H]1C[C@H]2CC[C@@]1(C)C=C2n1c(C)nc(=O)c2cccnc21. The van der Waals surface area contributed by atoms with Gasteiger partial charge in [0.2, 0.25) is 0 Å². The number of carbonyl (C=O) groups excluding carboxylic acids is 1. The van der Waals surface area contributed by atoms with Crippen LogP contribution in [0.1, 0.15) is 32.0 Å². The van der Waals surface area contributed by atoms with Crippen LogP contribution in [0.2, 0.25) is 0 Å². The van der Waals surface area contributed by atoms with Gasteiger partial charge in [0.05, 0.1) is 18.4 Å². The van der Waals surface area contributed by atoms with E-state index < -0.39 is 0 Å². The lowest BCUT2D eigenvalue weighted by atomic mass is 9.58. The van der Waals surface area contributed by atoms with Gasteiger partial charge < -0.3 is 4.74 Å². The Kier molecular flexibility index (Phi) is 3.52. The first-order chi connectivity index (χ1) is 11.9. The Morgan fingerprint density at radius 3 is 2.96 bits per heavy atom. The van der Waals surface area contributed by atoms with Crippen molar-refractivity contribution in [3.05, 3.63) is 40.6 Å². The number of rotatable bonds is 2. The fourth-order valence-electron chi connectivity index (χ4n) is 4.44. The maximum Gasteiger partial charge on any atom is 0.309 e. The highest BCUT2D eigenvalue weighted by molar-refractivity contribution is 5.80. The molecule has 0 unspecified atom stereocenters. The van der Waals surface area contributed by atoms with E-state index in [4.69, 9.17) is 4.74 Å². The number of aromatic nitrogens is 3. The molecule has 3 aliphatic rings. The first kappa shape index (κ1) is 16.0. The van der Waals surface area contributed by atoms with E-state index in [2.05, 4.69) is 23.0 Å². The number of hydrogen-bond acceptors (Lipinski definition) is 5. The Labute approximate surface area is 145 Å². The second kappa shape index (κ2) is 5.51. The first-order valence-corrected chi connectivity index (χ1v) is 8.60. The zero-order valence-electron chi connectivity index (χ0n) is 14.7. The summed E-state index contributed by atoms with van der Waals surface area (Å²) in [6.07, 6.45) is 6.60. The van der Waals surface area contributed by atoms with E-state index in [-0.39, 0.29) is 28.8 Å². The van der Waals surface area contributed by atoms with Crippen LogP contribution in [0.3, 0.4) is 0 Å². The Morgan fingerprint density at radius 2 is 2.24 bits per heavy atom. The van der Waals surface area contributed by atoms with Crippen molar-refractivity contribution in [3.8, 4) is 0 Å². The zero-order valence-corrected chi connectivity index (χ0v) is 14.7. The number of allylic oxidation sites excluding steroid dienone is 2. The quantitative estimate of drug-likeness (QED) is 0.786. The third kappa shape index (κ3) is 2.31. The summed E-state index contributed by atoms with van der Waals surface area (Å²) in [5, 5.41) is 0.519. The number of methoxy groups -OCH3 is 1. The van der Waals surface area contributed by atoms with Gasteiger partial charge in [-0.3, -0.25) is 14.2 Å². The molecule has 2 bridgehead atoms. The fraction of sp³-hybridized carbons (Fsp3) is 0.474. The van der Waals surface area contributed by atoms with Crippen LogP contribution < -0.4 is 5.56 Å². The maximum absolute atomic E-state index is 12.2. The molecule has 5 rings (SSSR count). The van der Waals surface area contributed by atoms with Crippen LogP contribution in [-0.2, 0) is 9.53 Å². The van der Waals surface area contributed by atoms with Crippen LogP contribution in [0.25, 0.3) is 16.7 Å². The van der Waals surface area contributed by atoms with Gasteiger partial charge in [-0.15, -0.1) is 0 Å². The van der Waals surface area contributed by atoms with Crippen LogP contribution in [0.15, 0.2) is 29.2 Å². The van der Waals surface area contributed by atoms with Crippen LogP contribution in [0.5, 0.6) is 0 Å². The number of aryl methyl sites for hydroxylation is 1. The average molecular weight is 339 g/mol. The van der Waals surface area contributed by atoms with Crippen molar-refractivity contribution in [3.63, 3.8) is 0 Å². The second-order valence-corrected chi connectivity index (χ2v) is 7.30. The van der Waals surface area contributed by atoms with Crippen molar-refractivity contribution in [2.45, 2.75) is 33.1 Å². The number of esters is 1. The van der Waals surface area contributed by atoms with Crippen LogP contribution in [0, 0.1) is 24.2 Å². The lowest BCUT2D eigenvalue weighted by Crippen LogP contribution is -2.43. The Hall–Kier alpha value is -2.50. The normalized spacial score (nSPS) is 28.0. The lowest BCUT2D eigenvalue weighted by molar-refractivity contribution is -0.151. The zero-order chi connectivity index (χ0) is 17.8. The number of pyridine rings is 1. The van der Waals surface area contributed by atoms with Crippen LogP contribution in [0.4, 0.5) is 0 Å². The van der Waals surface area contributed by atoms with E-state index in [1.54, 1.807) is 18.3 Å². The van der Waals surface area contributed by atoms with Crippen LogP contribution in [-0.4, -0.2) is 27.6 Å². The Bertz CT molecular complexity index is 962. The summed E-state index contributed by atoms with van der Waals surface area (Å²) >= 11 is 0. The number of fused-ring (bicyclic) bond motifs is 3. The average Bonchev–Trinajstić information content (AvgIpc) is 2.61. The largest absolute Gasteiger partial charge is 0.469 e. The van der Waals surface area contributed by atoms with Gasteiger partial charge in [-0.1, -0.05) is 13.0 Å². The van der Waals surface area contributed by atoms with E-state index in [9.17, 15) is 9.59 Å². The molecular weight excluding hydrogens is 318 g/mol.